The lowest BCUT2D eigenvalue weighted by Crippen LogP contribution is -2.38. The molecule has 0 saturated heterocycles. The van der Waals surface area contributed by atoms with E-state index < -0.39 is 17.2 Å². The number of carbonyl (C=O) groups is 1. The van der Waals surface area contributed by atoms with Crippen LogP contribution in [0.4, 0.5) is 0 Å². The van der Waals surface area contributed by atoms with Gasteiger partial charge in [0.25, 0.3) is 11.5 Å². The third-order valence-electron chi connectivity index (χ3n) is 4.11. The summed E-state index contributed by atoms with van der Waals surface area (Å²) in [5.74, 6) is 0.239. The highest BCUT2D eigenvalue weighted by Gasteiger charge is 2.15. The lowest BCUT2D eigenvalue weighted by Gasteiger charge is -2.06. The number of hydrogen-bond acceptors (Lipinski definition) is 6. The number of hydrogen-bond donors (Lipinski definition) is 1. The van der Waals surface area contributed by atoms with Gasteiger partial charge in [0.1, 0.15) is 12.3 Å². The van der Waals surface area contributed by atoms with Crippen LogP contribution in [0, 0.1) is 0 Å². The average molecular weight is 449 g/mol. The number of aryl methyl sites for hydroxylation is 1. The van der Waals surface area contributed by atoms with Crippen LogP contribution in [0.1, 0.15) is 5.56 Å². The number of aromatic nitrogens is 4. The predicted molar refractivity (Wildman–Crippen MR) is 107 cm³/mol. The van der Waals surface area contributed by atoms with Crippen molar-refractivity contribution in [2.45, 2.75) is 6.54 Å². The molecule has 0 unspecified atom stereocenters. The molecule has 1 aromatic carbocycles. The number of fused-ring (bicyclic) bond motifs is 1. The highest BCUT2D eigenvalue weighted by atomic mass is 79.9. The van der Waals surface area contributed by atoms with Gasteiger partial charge in [-0.1, -0.05) is 0 Å². The van der Waals surface area contributed by atoms with Crippen LogP contribution in [0.15, 0.2) is 43.7 Å². The molecule has 28 heavy (non-hydrogen) atoms. The first kappa shape index (κ1) is 19.5. The summed E-state index contributed by atoms with van der Waals surface area (Å²) in [5.41, 5.74) is 2.54. The Kier molecular flexibility index (Phi) is 5.45. The second-order valence-corrected chi connectivity index (χ2v) is 6.79. The molecular weight excluding hydrogens is 432 g/mol. The molecule has 0 aliphatic rings. The van der Waals surface area contributed by atoms with Crippen molar-refractivity contribution in [3.05, 3.63) is 55.4 Å². The van der Waals surface area contributed by atoms with Crippen LogP contribution >= 0.6 is 15.9 Å². The van der Waals surface area contributed by atoms with Gasteiger partial charge in [-0.15, -0.1) is 0 Å². The maximum absolute atomic E-state index is 12.4. The van der Waals surface area contributed by atoms with E-state index in [-0.39, 0.29) is 17.7 Å². The van der Waals surface area contributed by atoms with Gasteiger partial charge in [-0.3, -0.25) is 18.7 Å². The molecule has 1 amide bonds. The molecule has 0 aliphatic heterocycles. The monoisotopic (exact) mass is 448 g/mol. The molecule has 10 nitrogen and oxygen atoms in total. The molecular formula is C17H17BrN6O4. The molecule has 3 aromatic rings. The molecule has 0 bridgehead atoms. The lowest BCUT2D eigenvalue weighted by atomic mass is 10.2. The van der Waals surface area contributed by atoms with Gasteiger partial charge in [-0.05, 0) is 39.7 Å². The average Bonchev–Trinajstić information content (AvgIpc) is 3.08. The van der Waals surface area contributed by atoms with Crippen LogP contribution in [0.2, 0.25) is 0 Å². The van der Waals surface area contributed by atoms with Crippen molar-refractivity contribution >= 4 is 39.2 Å². The molecule has 1 N–H and O–H groups in total. The van der Waals surface area contributed by atoms with Crippen molar-refractivity contribution in [1.29, 1.82) is 0 Å². The highest BCUT2D eigenvalue weighted by molar-refractivity contribution is 9.10. The van der Waals surface area contributed by atoms with Crippen molar-refractivity contribution < 1.29 is 9.53 Å². The zero-order valence-corrected chi connectivity index (χ0v) is 16.9. The summed E-state index contributed by atoms with van der Waals surface area (Å²) in [6.45, 7) is -0.173. The Balaban J connectivity index is 1.76. The molecule has 3 rings (SSSR count). The fourth-order valence-electron chi connectivity index (χ4n) is 2.65. The van der Waals surface area contributed by atoms with Crippen molar-refractivity contribution in [2.24, 2.45) is 19.2 Å². The fourth-order valence-corrected chi connectivity index (χ4v) is 3.21. The first-order valence-electron chi connectivity index (χ1n) is 8.09. The standard InChI is InChI=1S/C17H17BrN6O4/c1-22-15-14(16(26)23(2)17(22)27)24(9-19-15)8-13(25)21-20-7-10-4-5-12(28-3)11(18)6-10/h4-7,9H,8H2,1-3H3,(H,21,25)/b20-7-. The molecule has 0 spiro atoms. The number of carbonyl (C=O) groups excluding carboxylic acids is 1. The van der Waals surface area contributed by atoms with Gasteiger partial charge in [0, 0.05) is 14.1 Å². The topological polar surface area (TPSA) is 113 Å². The smallest absolute Gasteiger partial charge is 0.332 e. The van der Waals surface area contributed by atoms with Crippen LogP contribution in [0.25, 0.3) is 11.2 Å². The Morgan fingerprint density at radius 1 is 1.32 bits per heavy atom. The summed E-state index contributed by atoms with van der Waals surface area (Å²) in [6, 6.07) is 5.35. The summed E-state index contributed by atoms with van der Waals surface area (Å²) in [4.78, 5) is 40.5. The SMILES string of the molecule is COc1ccc(/C=N\NC(=O)Cn2cnc3c2c(=O)n(C)c(=O)n3C)cc1Br. The summed E-state index contributed by atoms with van der Waals surface area (Å²) >= 11 is 3.37. The van der Waals surface area contributed by atoms with E-state index in [2.05, 4.69) is 31.4 Å². The molecule has 2 heterocycles. The number of rotatable bonds is 5. The van der Waals surface area contributed by atoms with Gasteiger partial charge >= 0.3 is 5.69 Å². The van der Waals surface area contributed by atoms with Gasteiger partial charge in [0.15, 0.2) is 11.2 Å². The number of halogens is 1. The van der Waals surface area contributed by atoms with Gasteiger partial charge in [0.05, 0.1) is 24.1 Å². The Labute approximate surface area is 167 Å². The summed E-state index contributed by atoms with van der Waals surface area (Å²) < 4.78 is 9.52. The quantitative estimate of drug-likeness (QED) is 0.447. The van der Waals surface area contributed by atoms with Crippen molar-refractivity contribution in [3.8, 4) is 5.75 Å². The van der Waals surface area contributed by atoms with E-state index >= 15 is 0 Å². The Morgan fingerprint density at radius 2 is 2.07 bits per heavy atom. The molecule has 0 saturated carbocycles. The summed E-state index contributed by atoms with van der Waals surface area (Å²) in [5, 5.41) is 3.91. The lowest BCUT2D eigenvalue weighted by molar-refractivity contribution is -0.121. The van der Waals surface area contributed by atoms with Crippen LogP contribution in [0.3, 0.4) is 0 Å². The van der Waals surface area contributed by atoms with Crippen LogP contribution < -0.4 is 21.4 Å². The first-order valence-corrected chi connectivity index (χ1v) is 8.89. The zero-order valence-electron chi connectivity index (χ0n) is 15.3. The van der Waals surface area contributed by atoms with E-state index in [1.54, 1.807) is 25.3 Å². The molecule has 2 aromatic heterocycles. The highest BCUT2D eigenvalue weighted by Crippen LogP contribution is 2.24. The Bertz CT molecular complexity index is 1210. The second kappa shape index (κ2) is 7.80. The van der Waals surface area contributed by atoms with Crippen LogP contribution in [0.5, 0.6) is 5.75 Å². The van der Waals surface area contributed by atoms with E-state index in [0.717, 1.165) is 14.6 Å². The summed E-state index contributed by atoms with van der Waals surface area (Å²) in [7, 11) is 4.46. The van der Waals surface area contributed by atoms with E-state index in [4.69, 9.17) is 4.74 Å². The molecule has 0 atom stereocenters. The largest absolute Gasteiger partial charge is 0.496 e. The first-order chi connectivity index (χ1) is 13.3. The van der Waals surface area contributed by atoms with Crippen molar-refractivity contribution in [3.63, 3.8) is 0 Å². The molecule has 11 heteroatoms. The third kappa shape index (κ3) is 3.60. The normalized spacial score (nSPS) is 11.3. The third-order valence-corrected chi connectivity index (χ3v) is 4.73. The number of hydrazone groups is 1. The van der Waals surface area contributed by atoms with E-state index in [1.165, 1.54) is 35.8 Å². The van der Waals surface area contributed by atoms with Gasteiger partial charge in [-0.2, -0.15) is 5.10 Å². The predicted octanol–water partition coefficient (Wildman–Crippen LogP) is 0.355. The minimum Gasteiger partial charge on any atom is -0.496 e. The Hall–Kier alpha value is -3.21. The number of benzene rings is 1. The van der Waals surface area contributed by atoms with E-state index in [1.807, 2.05) is 0 Å². The number of amides is 1. The second-order valence-electron chi connectivity index (χ2n) is 5.94. The summed E-state index contributed by atoms with van der Waals surface area (Å²) in [6.07, 6.45) is 2.83. The van der Waals surface area contributed by atoms with Crippen LogP contribution in [-0.2, 0) is 25.4 Å². The molecule has 0 radical (unpaired) electrons. The minimum atomic E-state index is -0.519. The Morgan fingerprint density at radius 3 is 2.75 bits per heavy atom. The minimum absolute atomic E-state index is 0.169. The number of imidazole rings is 1. The number of nitrogens with one attached hydrogen (secondary N) is 1. The maximum atomic E-state index is 12.4. The van der Waals surface area contributed by atoms with Crippen molar-refractivity contribution in [1.82, 2.24) is 24.1 Å². The van der Waals surface area contributed by atoms with Gasteiger partial charge in [0.2, 0.25) is 0 Å². The zero-order chi connectivity index (χ0) is 20.4. The van der Waals surface area contributed by atoms with E-state index in [9.17, 15) is 14.4 Å². The van der Waals surface area contributed by atoms with Crippen molar-refractivity contribution in [2.75, 3.05) is 7.11 Å². The van der Waals surface area contributed by atoms with Gasteiger partial charge in [-0.25, -0.2) is 15.2 Å². The number of nitrogens with zero attached hydrogens (tertiary/aromatic N) is 5. The molecule has 146 valence electrons. The molecule has 0 fully saturated rings. The van der Waals surface area contributed by atoms with Gasteiger partial charge < -0.3 is 9.30 Å². The number of ether oxygens (including phenoxy) is 1. The fraction of sp³-hybridized carbons (Fsp3) is 0.235. The van der Waals surface area contributed by atoms with E-state index in [0.29, 0.717) is 5.75 Å². The molecule has 0 aliphatic carbocycles. The maximum Gasteiger partial charge on any atom is 0.332 e. The van der Waals surface area contributed by atoms with Crippen LogP contribution in [-0.4, -0.2) is 37.9 Å². The number of methoxy groups -OCH3 is 1.